The lowest BCUT2D eigenvalue weighted by atomic mass is 9.99. The zero-order valence-electron chi connectivity index (χ0n) is 9.73. The fourth-order valence-electron chi connectivity index (χ4n) is 1.22. The van der Waals surface area contributed by atoms with E-state index < -0.39 is 10.7 Å². The van der Waals surface area contributed by atoms with Gasteiger partial charge < -0.3 is 5.11 Å². The largest absolute Gasteiger partial charge is 0.480 e. The highest BCUT2D eigenvalue weighted by Crippen LogP contribution is 2.35. The van der Waals surface area contributed by atoms with Crippen molar-refractivity contribution in [3.8, 4) is 0 Å². The quantitative estimate of drug-likeness (QED) is 0.749. The number of thioether (sulfide) groups is 1. The molecule has 6 heteroatoms. The van der Waals surface area contributed by atoms with Crippen molar-refractivity contribution in [1.29, 1.82) is 0 Å². The number of hydrogen-bond donors (Lipinski definition) is 2. The summed E-state index contributed by atoms with van der Waals surface area (Å²) in [6.45, 7) is 5.90. The van der Waals surface area contributed by atoms with Gasteiger partial charge in [-0.05, 0) is 25.7 Å². The van der Waals surface area contributed by atoms with Crippen LogP contribution in [0.4, 0.5) is 0 Å². The van der Waals surface area contributed by atoms with E-state index in [1.807, 2.05) is 0 Å². The molecule has 2 N–H and O–H groups in total. The molecular weight excluding hydrogens is 226 g/mol. The third-order valence-electron chi connectivity index (χ3n) is 2.37. The zero-order valence-corrected chi connectivity index (χ0v) is 10.5. The predicted octanol–water partition coefficient (Wildman–Crippen LogP) is 2.18. The van der Waals surface area contributed by atoms with Crippen molar-refractivity contribution in [3.63, 3.8) is 0 Å². The molecule has 0 aliphatic carbocycles. The number of aromatic nitrogens is 3. The Morgan fingerprint density at radius 1 is 1.69 bits per heavy atom. The average Bonchev–Trinajstić information content (AvgIpc) is 2.67. The molecule has 0 saturated carbocycles. The lowest BCUT2D eigenvalue weighted by Gasteiger charge is -2.23. The first kappa shape index (κ1) is 13.0. The Morgan fingerprint density at radius 2 is 2.38 bits per heavy atom. The number of nitrogens with zero attached hydrogens (tertiary/aromatic N) is 2. The molecule has 90 valence electrons. The predicted molar refractivity (Wildman–Crippen MR) is 62.4 cm³/mol. The van der Waals surface area contributed by atoms with Crippen LogP contribution in [0.5, 0.6) is 0 Å². The molecule has 1 rings (SSSR count). The highest BCUT2D eigenvalue weighted by molar-refractivity contribution is 8.01. The van der Waals surface area contributed by atoms with E-state index in [1.54, 1.807) is 6.92 Å². The van der Waals surface area contributed by atoms with E-state index in [0.717, 1.165) is 6.42 Å². The molecule has 0 saturated heterocycles. The third kappa shape index (κ3) is 3.52. The van der Waals surface area contributed by atoms with Crippen LogP contribution >= 0.6 is 11.8 Å². The van der Waals surface area contributed by atoms with Crippen LogP contribution in [0.3, 0.4) is 0 Å². The lowest BCUT2D eigenvalue weighted by Crippen LogP contribution is -2.31. The van der Waals surface area contributed by atoms with Gasteiger partial charge in [0.15, 0.2) is 5.16 Å². The Morgan fingerprint density at radius 3 is 2.81 bits per heavy atom. The average molecular weight is 243 g/mol. The summed E-state index contributed by atoms with van der Waals surface area (Å²) in [6.07, 6.45) is 2.88. The first-order chi connectivity index (χ1) is 7.44. The Labute approximate surface area is 99.0 Å². The summed E-state index contributed by atoms with van der Waals surface area (Å²) in [4.78, 5) is 15.2. The van der Waals surface area contributed by atoms with E-state index >= 15 is 0 Å². The Kier molecular flexibility index (Phi) is 4.35. The van der Waals surface area contributed by atoms with Gasteiger partial charge in [0.25, 0.3) is 0 Å². The number of aromatic amines is 1. The maximum atomic E-state index is 11.3. The standard InChI is InChI=1S/C10H17N3O2S/c1-7(2)4-5-10(3,8(14)15)16-9-11-6-12-13-9/h6-7H,4-5H2,1-3H3,(H,14,15)(H,11,12,13). The number of hydrogen-bond acceptors (Lipinski definition) is 4. The van der Waals surface area contributed by atoms with Crippen molar-refractivity contribution >= 4 is 17.7 Å². The van der Waals surface area contributed by atoms with Crippen molar-refractivity contribution in [2.45, 2.75) is 43.5 Å². The van der Waals surface area contributed by atoms with E-state index in [-0.39, 0.29) is 0 Å². The van der Waals surface area contributed by atoms with Crippen molar-refractivity contribution in [1.82, 2.24) is 15.2 Å². The molecule has 0 amide bonds. The Hall–Kier alpha value is -1.04. The van der Waals surface area contributed by atoms with Crippen molar-refractivity contribution in [3.05, 3.63) is 6.33 Å². The molecule has 16 heavy (non-hydrogen) atoms. The SMILES string of the molecule is CC(C)CCC(C)(Sc1ncn[nH]1)C(=O)O. The summed E-state index contributed by atoms with van der Waals surface area (Å²) in [5.41, 5.74) is 0. The number of rotatable bonds is 6. The molecule has 0 aromatic carbocycles. The molecule has 0 aliphatic heterocycles. The second kappa shape index (κ2) is 5.34. The molecule has 5 nitrogen and oxygen atoms in total. The van der Waals surface area contributed by atoms with E-state index in [2.05, 4.69) is 29.0 Å². The Balaban J connectivity index is 2.68. The summed E-state index contributed by atoms with van der Waals surface area (Å²) in [6, 6.07) is 0. The van der Waals surface area contributed by atoms with Gasteiger partial charge in [0.2, 0.25) is 0 Å². The molecule has 0 fully saturated rings. The number of H-pyrrole nitrogens is 1. The number of carboxylic acids is 1. The van der Waals surface area contributed by atoms with E-state index in [9.17, 15) is 9.90 Å². The van der Waals surface area contributed by atoms with Crippen LogP contribution in [-0.4, -0.2) is 31.0 Å². The van der Waals surface area contributed by atoms with Crippen LogP contribution in [0.1, 0.15) is 33.6 Å². The molecule has 1 unspecified atom stereocenters. The summed E-state index contributed by atoms with van der Waals surface area (Å²) >= 11 is 1.22. The van der Waals surface area contributed by atoms with Gasteiger partial charge in [-0.1, -0.05) is 25.6 Å². The minimum absolute atomic E-state index is 0.494. The Bertz CT molecular complexity index is 340. The molecule has 0 spiro atoms. The lowest BCUT2D eigenvalue weighted by molar-refractivity contribution is -0.139. The number of carbonyl (C=O) groups is 1. The van der Waals surface area contributed by atoms with Gasteiger partial charge in [0, 0.05) is 0 Å². The topological polar surface area (TPSA) is 78.9 Å². The molecular formula is C10H17N3O2S. The minimum Gasteiger partial charge on any atom is -0.480 e. The molecule has 1 aromatic heterocycles. The van der Waals surface area contributed by atoms with E-state index in [0.29, 0.717) is 17.5 Å². The van der Waals surface area contributed by atoms with E-state index in [4.69, 9.17) is 0 Å². The maximum Gasteiger partial charge on any atom is 0.319 e. The molecule has 0 bridgehead atoms. The minimum atomic E-state index is -0.843. The maximum absolute atomic E-state index is 11.3. The second-order valence-corrected chi connectivity index (χ2v) is 5.85. The van der Waals surface area contributed by atoms with Gasteiger partial charge in [-0.3, -0.25) is 9.89 Å². The van der Waals surface area contributed by atoms with Crippen LogP contribution < -0.4 is 0 Å². The highest BCUT2D eigenvalue weighted by atomic mass is 32.2. The van der Waals surface area contributed by atoms with Crippen molar-refractivity contribution in [2.24, 2.45) is 5.92 Å². The van der Waals surface area contributed by atoms with Gasteiger partial charge in [-0.2, -0.15) is 5.10 Å². The smallest absolute Gasteiger partial charge is 0.319 e. The van der Waals surface area contributed by atoms with Crippen molar-refractivity contribution in [2.75, 3.05) is 0 Å². The van der Waals surface area contributed by atoms with Crippen molar-refractivity contribution < 1.29 is 9.90 Å². The molecule has 0 radical (unpaired) electrons. The van der Waals surface area contributed by atoms with E-state index in [1.165, 1.54) is 18.1 Å². The van der Waals surface area contributed by atoms with Crippen LogP contribution in [0.15, 0.2) is 11.5 Å². The molecule has 1 atom stereocenters. The number of aliphatic carboxylic acids is 1. The fourth-order valence-corrected chi connectivity index (χ4v) is 2.15. The summed E-state index contributed by atoms with van der Waals surface area (Å²) in [5.74, 6) is -0.316. The van der Waals surface area contributed by atoms with Gasteiger partial charge in [-0.15, -0.1) is 0 Å². The van der Waals surface area contributed by atoms with Gasteiger partial charge in [0.1, 0.15) is 11.1 Å². The third-order valence-corrected chi connectivity index (χ3v) is 3.59. The zero-order chi connectivity index (χ0) is 12.2. The normalized spacial score (nSPS) is 15.0. The molecule has 0 aliphatic rings. The summed E-state index contributed by atoms with van der Waals surface area (Å²) in [7, 11) is 0. The monoisotopic (exact) mass is 243 g/mol. The molecule has 1 heterocycles. The first-order valence-corrected chi connectivity index (χ1v) is 6.03. The second-order valence-electron chi connectivity index (χ2n) is 4.36. The first-order valence-electron chi connectivity index (χ1n) is 5.22. The number of carboxylic acid groups (broad SMARTS) is 1. The van der Waals surface area contributed by atoms with Gasteiger partial charge in [-0.25, -0.2) is 4.98 Å². The van der Waals surface area contributed by atoms with Gasteiger partial charge >= 0.3 is 5.97 Å². The highest BCUT2D eigenvalue weighted by Gasteiger charge is 2.35. The van der Waals surface area contributed by atoms with Crippen LogP contribution in [0, 0.1) is 5.92 Å². The summed E-state index contributed by atoms with van der Waals surface area (Å²) in [5, 5.41) is 16.2. The van der Waals surface area contributed by atoms with Crippen LogP contribution in [-0.2, 0) is 4.79 Å². The summed E-state index contributed by atoms with van der Waals surface area (Å²) < 4.78 is -0.843. The van der Waals surface area contributed by atoms with Crippen LogP contribution in [0.2, 0.25) is 0 Å². The molecule has 1 aromatic rings. The van der Waals surface area contributed by atoms with Crippen LogP contribution in [0.25, 0.3) is 0 Å². The fraction of sp³-hybridized carbons (Fsp3) is 0.700. The number of nitrogens with one attached hydrogen (secondary N) is 1. The van der Waals surface area contributed by atoms with Gasteiger partial charge in [0.05, 0.1) is 0 Å².